The average Bonchev–Trinajstić information content (AvgIpc) is 2.74. The number of aliphatic hydroxyl groups is 2. The number of ketones is 2. The van der Waals surface area contributed by atoms with E-state index in [4.69, 9.17) is 9.98 Å². The van der Waals surface area contributed by atoms with Crippen molar-refractivity contribution in [3.63, 3.8) is 0 Å². The summed E-state index contributed by atoms with van der Waals surface area (Å²) in [7, 11) is 0. The Bertz CT molecular complexity index is 1220. The van der Waals surface area contributed by atoms with Crippen LogP contribution in [0.1, 0.15) is 84.3 Å². The normalized spacial score (nSPS) is 14.9. The van der Waals surface area contributed by atoms with Gasteiger partial charge in [-0.25, -0.2) is 0 Å². The number of carbonyl (C=O) groups excluding carboxylic acids is 2. The second-order valence-corrected chi connectivity index (χ2v) is 10.2. The molecule has 0 saturated carbocycles. The lowest BCUT2D eigenvalue weighted by Gasteiger charge is -2.28. The average molecular weight is 517 g/mol. The van der Waals surface area contributed by atoms with Crippen molar-refractivity contribution in [3.05, 3.63) is 91.4 Å². The fourth-order valence-electron chi connectivity index (χ4n) is 5.13. The number of aliphatic imine (C=N–C) groups is 2. The van der Waals surface area contributed by atoms with Gasteiger partial charge in [0.1, 0.15) is 23.6 Å². The molecule has 0 bridgehead atoms. The van der Waals surface area contributed by atoms with Crippen LogP contribution in [-0.4, -0.2) is 34.2 Å². The number of nitrogens with zero attached hydrogens (tertiary/aromatic N) is 2. The maximum Gasteiger partial charge on any atom is 0.164 e. The molecule has 2 N–H and O–H groups in total. The second-order valence-electron chi connectivity index (χ2n) is 10.2. The van der Waals surface area contributed by atoms with Crippen LogP contribution in [0.5, 0.6) is 0 Å². The highest BCUT2D eigenvalue weighted by Crippen LogP contribution is 2.41. The first-order valence-electron chi connectivity index (χ1n) is 12.7. The van der Waals surface area contributed by atoms with Crippen LogP contribution in [0, 0.1) is 41.5 Å². The topological polar surface area (TPSA) is 99.3 Å². The molecule has 0 amide bonds. The lowest BCUT2D eigenvalue weighted by Crippen LogP contribution is -2.16. The molecule has 0 saturated heterocycles. The third-order valence-electron chi connectivity index (χ3n) is 6.63. The third-order valence-corrected chi connectivity index (χ3v) is 6.63. The van der Waals surface area contributed by atoms with E-state index in [1.54, 1.807) is 0 Å². The quantitative estimate of drug-likeness (QED) is 0.207. The summed E-state index contributed by atoms with van der Waals surface area (Å²) in [6.07, 6.45) is 2.84. The van der Waals surface area contributed by atoms with E-state index in [9.17, 15) is 19.8 Å². The number of aliphatic hydroxyl groups excluding tert-OH is 2. The Morgan fingerprint density at radius 2 is 0.868 bits per heavy atom. The van der Waals surface area contributed by atoms with Crippen molar-refractivity contribution in [2.24, 2.45) is 9.98 Å². The molecule has 2 rings (SSSR count). The summed E-state index contributed by atoms with van der Waals surface area (Å²) in [6, 6.07) is 7.15. The van der Waals surface area contributed by atoms with Crippen molar-refractivity contribution < 1.29 is 19.8 Å². The number of rotatable bonds is 9. The van der Waals surface area contributed by atoms with E-state index < -0.39 is 12.1 Å². The van der Waals surface area contributed by atoms with Crippen LogP contribution in [0.2, 0.25) is 0 Å². The Morgan fingerprint density at radius 3 is 1.08 bits per heavy atom. The standard InChI is InChI=1S/C32H40N2O4/c1-17-11-19(3)29(20(4)12-17)31(33-15-27(23(7)35)24(8)36)32(34-16-28(25(9)37)26(10)38)30-21(5)13-18(2)14-22(30)6/h11-16,31-32,35,37H,1-10H3/b27-23-,28-25+,33-15?,34-16?/t31-,32-/m0/s1. The summed E-state index contributed by atoms with van der Waals surface area (Å²) in [4.78, 5) is 34.3. The van der Waals surface area contributed by atoms with Crippen LogP contribution in [-0.2, 0) is 9.59 Å². The molecule has 0 aliphatic rings. The van der Waals surface area contributed by atoms with Gasteiger partial charge >= 0.3 is 0 Å². The Morgan fingerprint density at radius 1 is 0.605 bits per heavy atom. The van der Waals surface area contributed by atoms with Gasteiger partial charge in [0.2, 0.25) is 0 Å². The van der Waals surface area contributed by atoms with Gasteiger partial charge in [-0.15, -0.1) is 0 Å². The molecule has 0 unspecified atom stereocenters. The molecule has 0 aromatic heterocycles. The van der Waals surface area contributed by atoms with Gasteiger partial charge in [0.05, 0.1) is 11.1 Å². The maximum atomic E-state index is 12.3. The molecular formula is C32H40N2O4. The van der Waals surface area contributed by atoms with Crippen molar-refractivity contribution in [1.29, 1.82) is 0 Å². The zero-order chi connectivity index (χ0) is 28.9. The first-order chi connectivity index (χ1) is 17.6. The summed E-state index contributed by atoms with van der Waals surface area (Å²) in [5.74, 6) is -0.828. The first-order valence-corrected chi connectivity index (χ1v) is 12.7. The largest absolute Gasteiger partial charge is 0.512 e. The first kappa shape index (κ1) is 30.4. The Labute approximate surface area is 226 Å². The van der Waals surface area contributed by atoms with Crippen molar-refractivity contribution in [2.75, 3.05) is 0 Å². The Kier molecular flexibility index (Phi) is 10.1. The molecule has 2 aromatic rings. The lowest BCUT2D eigenvalue weighted by atomic mass is 9.84. The van der Waals surface area contributed by atoms with E-state index in [0.29, 0.717) is 0 Å². The minimum atomic E-state index is -0.590. The minimum Gasteiger partial charge on any atom is -0.512 e. The van der Waals surface area contributed by atoms with Gasteiger partial charge in [-0.3, -0.25) is 19.6 Å². The van der Waals surface area contributed by atoms with Crippen molar-refractivity contribution in [3.8, 4) is 0 Å². The Balaban J connectivity index is 3.01. The molecule has 0 aliphatic heterocycles. The number of hydrogen-bond acceptors (Lipinski definition) is 6. The number of hydrogen-bond donors (Lipinski definition) is 2. The number of allylic oxidation sites excluding steroid dienone is 4. The molecule has 2 atom stereocenters. The second kappa shape index (κ2) is 12.6. The number of benzene rings is 2. The molecule has 0 radical (unpaired) electrons. The smallest absolute Gasteiger partial charge is 0.164 e. The molecule has 6 heteroatoms. The van der Waals surface area contributed by atoms with Gasteiger partial charge in [-0.1, -0.05) is 35.4 Å². The van der Waals surface area contributed by atoms with Crippen molar-refractivity contribution >= 4 is 24.0 Å². The van der Waals surface area contributed by atoms with E-state index in [0.717, 1.165) is 44.5 Å². The zero-order valence-corrected chi connectivity index (χ0v) is 24.2. The van der Waals surface area contributed by atoms with Gasteiger partial charge in [-0.2, -0.15) is 0 Å². The molecular weight excluding hydrogens is 476 g/mol. The molecule has 0 fully saturated rings. The predicted molar refractivity (Wildman–Crippen MR) is 156 cm³/mol. The van der Waals surface area contributed by atoms with Crippen LogP contribution >= 0.6 is 0 Å². The van der Waals surface area contributed by atoms with Gasteiger partial charge in [0.25, 0.3) is 0 Å². The summed E-state index contributed by atoms with van der Waals surface area (Å²) in [5, 5.41) is 20.3. The summed E-state index contributed by atoms with van der Waals surface area (Å²) >= 11 is 0. The minimum absolute atomic E-state index is 0.113. The summed E-state index contributed by atoms with van der Waals surface area (Å²) in [6.45, 7) is 17.8. The summed E-state index contributed by atoms with van der Waals surface area (Å²) < 4.78 is 0. The van der Waals surface area contributed by atoms with E-state index >= 15 is 0 Å². The van der Waals surface area contributed by atoms with Gasteiger partial charge in [-0.05, 0) is 103 Å². The predicted octanol–water partition coefficient (Wildman–Crippen LogP) is 7.30. The molecule has 6 nitrogen and oxygen atoms in total. The summed E-state index contributed by atoms with van der Waals surface area (Å²) in [5.41, 5.74) is 8.42. The Hall–Kier alpha value is -3.80. The molecule has 0 aliphatic carbocycles. The number of carbonyl (C=O) groups is 2. The number of aryl methyl sites for hydroxylation is 6. The van der Waals surface area contributed by atoms with E-state index in [1.165, 1.54) is 40.1 Å². The zero-order valence-electron chi connectivity index (χ0n) is 24.2. The van der Waals surface area contributed by atoms with Crippen LogP contribution in [0.3, 0.4) is 0 Å². The van der Waals surface area contributed by atoms with E-state index in [-0.39, 0.29) is 34.2 Å². The van der Waals surface area contributed by atoms with Gasteiger partial charge in [0.15, 0.2) is 11.6 Å². The SMILES string of the molecule is CC(=O)/C(C=N[C@@H](c1c(C)cc(C)cc1C)[C@@H](N=C/C(C(C)=O)=C(/C)O)c1c(C)cc(C)cc1C)=C(/C)O. The van der Waals surface area contributed by atoms with Crippen LogP contribution in [0.25, 0.3) is 0 Å². The fourth-order valence-corrected chi connectivity index (χ4v) is 5.13. The highest BCUT2D eigenvalue weighted by molar-refractivity contribution is 6.13. The number of Topliss-reactive ketones (excluding diaryl/α,β-unsaturated/α-hetero) is 2. The molecule has 202 valence electrons. The fraction of sp³-hybridized carbons (Fsp3) is 0.375. The lowest BCUT2D eigenvalue weighted by molar-refractivity contribution is -0.114. The monoisotopic (exact) mass is 516 g/mol. The van der Waals surface area contributed by atoms with E-state index in [1.807, 2.05) is 41.5 Å². The molecule has 0 heterocycles. The van der Waals surface area contributed by atoms with E-state index in [2.05, 4.69) is 24.3 Å². The van der Waals surface area contributed by atoms with Crippen molar-refractivity contribution in [2.45, 2.75) is 81.3 Å². The maximum absolute atomic E-state index is 12.3. The molecule has 0 spiro atoms. The molecule has 2 aromatic carbocycles. The highest BCUT2D eigenvalue weighted by atomic mass is 16.3. The highest BCUT2D eigenvalue weighted by Gasteiger charge is 2.29. The molecule has 38 heavy (non-hydrogen) atoms. The van der Waals surface area contributed by atoms with Crippen LogP contribution in [0.4, 0.5) is 0 Å². The van der Waals surface area contributed by atoms with Gasteiger partial charge < -0.3 is 10.2 Å². The third kappa shape index (κ3) is 7.15. The van der Waals surface area contributed by atoms with Crippen LogP contribution < -0.4 is 0 Å². The van der Waals surface area contributed by atoms with Crippen molar-refractivity contribution in [1.82, 2.24) is 0 Å². The van der Waals surface area contributed by atoms with Crippen LogP contribution in [0.15, 0.2) is 56.9 Å². The van der Waals surface area contributed by atoms with Gasteiger partial charge in [0, 0.05) is 12.4 Å².